The lowest BCUT2D eigenvalue weighted by molar-refractivity contribution is 0.0692. The number of hydrogen-bond donors (Lipinski definition) is 2. The summed E-state index contributed by atoms with van der Waals surface area (Å²) >= 11 is 0. The van der Waals surface area contributed by atoms with Crippen LogP contribution in [0.2, 0.25) is 0 Å². The zero-order chi connectivity index (χ0) is 13.8. The van der Waals surface area contributed by atoms with E-state index in [0.29, 0.717) is 17.6 Å². The van der Waals surface area contributed by atoms with Crippen molar-refractivity contribution in [3.8, 4) is 0 Å². The van der Waals surface area contributed by atoms with Gasteiger partial charge in [0, 0.05) is 11.7 Å². The van der Waals surface area contributed by atoms with Crippen LogP contribution in [-0.4, -0.2) is 17.1 Å². The Bertz CT molecular complexity index is 461. The molecule has 1 aliphatic carbocycles. The Labute approximate surface area is 112 Å². The van der Waals surface area contributed by atoms with Crippen LogP contribution >= 0.6 is 0 Å². The molecule has 0 aliphatic heterocycles. The Morgan fingerprint density at radius 3 is 2.79 bits per heavy atom. The van der Waals surface area contributed by atoms with Crippen LogP contribution in [0.4, 0.5) is 10.1 Å². The molecule has 2 atom stereocenters. The lowest BCUT2D eigenvalue weighted by Gasteiger charge is -2.32. The SMILES string of the molecule is CCC1CCCCC1Nc1ccc(C(=O)O)c(F)c1. The van der Waals surface area contributed by atoms with Crippen molar-refractivity contribution in [1.82, 2.24) is 0 Å². The van der Waals surface area contributed by atoms with Crippen LogP contribution in [-0.2, 0) is 0 Å². The Morgan fingerprint density at radius 2 is 2.16 bits per heavy atom. The molecule has 0 spiro atoms. The maximum absolute atomic E-state index is 13.6. The Balaban J connectivity index is 2.10. The number of carbonyl (C=O) groups is 1. The van der Waals surface area contributed by atoms with Crippen LogP contribution in [0.5, 0.6) is 0 Å². The number of carboxylic acids is 1. The standard InChI is InChI=1S/C15H20FNO2/c1-2-10-5-3-4-6-14(10)17-11-7-8-12(15(18)19)13(16)9-11/h7-10,14,17H,2-6H2,1H3,(H,18,19). The highest BCUT2D eigenvalue weighted by Gasteiger charge is 2.23. The molecule has 4 heteroatoms. The van der Waals surface area contributed by atoms with Crippen molar-refractivity contribution >= 4 is 11.7 Å². The second-order valence-corrected chi connectivity index (χ2v) is 5.20. The average Bonchev–Trinajstić information content (AvgIpc) is 2.39. The van der Waals surface area contributed by atoms with Crippen LogP contribution in [0, 0.1) is 11.7 Å². The smallest absolute Gasteiger partial charge is 0.338 e. The summed E-state index contributed by atoms with van der Waals surface area (Å²) in [5.74, 6) is -1.29. The van der Waals surface area contributed by atoms with E-state index in [1.54, 1.807) is 6.07 Å². The maximum Gasteiger partial charge on any atom is 0.338 e. The van der Waals surface area contributed by atoms with E-state index in [4.69, 9.17) is 5.11 Å². The topological polar surface area (TPSA) is 49.3 Å². The monoisotopic (exact) mass is 265 g/mol. The molecule has 2 N–H and O–H groups in total. The molecule has 1 aromatic rings. The molecule has 0 aromatic heterocycles. The van der Waals surface area contributed by atoms with Gasteiger partial charge in [-0.25, -0.2) is 9.18 Å². The third kappa shape index (κ3) is 3.25. The summed E-state index contributed by atoms with van der Waals surface area (Å²) in [4.78, 5) is 10.8. The minimum Gasteiger partial charge on any atom is -0.478 e. The van der Waals surface area contributed by atoms with Gasteiger partial charge in [0.2, 0.25) is 0 Å². The van der Waals surface area contributed by atoms with E-state index in [1.807, 2.05) is 0 Å². The van der Waals surface area contributed by atoms with Gasteiger partial charge in [0.1, 0.15) is 5.82 Å². The van der Waals surface area contributed by atoms with Crippen molar-refractivity contribution < 1.29 is 14.3 Å². The molecule has 0 saturated heterocycles. The molecule has 2 rings (SSSR count). The van der Waals surface area contributed by atoms with Crippen LogP contribution in [0.1, 0.15) is 49.4 Å². The summed E-state index contributed by atoms with van der Waals surface area (Å²) < 4.78 is 13.6. The van der Waals surface area contributed by atoms with Gasteiger partial charge >= 0.3 is 5.97 Å². The first kappa shape index (κ1) is 13.8. The van der Waals surface area contributed by atoms with Crippen LogP contribution in [0.3, 0.4) is 0 Å². The van der Waals surface area contributed by atoms with Crippen molar-refractivity contribution in [2.24, 2.45) is 5.92 Å². The van der Waals surface area contributed by atoms with E-state index < -0.39 is 11.8 Å². The van der Waals surface area contributed by atoms with Crippen molar-refractivity contribution in [1.29, 1.82) is 0 Å². The molecule has 2 unspecified atom stereocenters. The summed E-state index contributed by atoms with van der Waals surface area (Å²) in [5, 5.41) is 12.2. The van der Waals surface area contributed by atoms with Crippen LogP contribution in [0.25, 0.3) is 0 Å². The number of nitrogens with one attached hydrogen (secondary N) is 1. The lowest BCUT2D eigenvalue weighted by Crippen LogP contribution is -2.31. The molecule has 0 radical (unpaired) electrons. The number of benzene rings is 1. The Kier molecular flexibility index (Phi) is 4.40. The second-order valence-electron chi connectivity index (χ2n) is 5.20. The molecule has 0 bridgehead atoms. The summed E-state index contributed by atoms with van der Waals surface area (Å²) in [7, 11) is 0. The predicted octanol–water partition coefficient (Wildman–Crippen LogP) is 3.90. The molecule has 104 valence electrons. The predicted molar refractivity (Wildman–Crippen MR) is 73.0 cm³/mol. The molecule has 1 fully saturated rings. The molecule has 0 amide bonds. The Morgan fingerprint density at radius 1 is 1.42 bits per heavy atom. The van der Waals surface area contributed by atoms with Gasteiger partial charge in [-0.15, -0.1) is 0 Å². The maximum atomic E-state index is 13.6. The van der Waals surface area contributed by atoms with Gasteiger partial charge in [0.15, 0.2) is 0 Å². The zero-order valence-electron chi connectivity index (χ0n) is 11.2. The van der Waals surface area contributed by atoms with E-state index in [0.717, 1.165) is 12.8 Å². The fourth-order valence-electron chi connectivity index (χ4n) is 2.88. The number of anilines is 1. The summed E-state index contributed by atoms with van der Waals surface area (Å²) in [6.45, 7) is 2.18. The highest BCUT2D eigenvalue weighted by atomic mass is 19.1. The highest BCUT2D eigenvalue weighted by molar-refractivity contribution is 5.88. The number of aromatic carboxylic acids is 1. The fourth-order valence-corrected chi connectivity index (χ4v) is 2.88. The van der Waals surface area contributed by atoms with Crippen molar-refractivity contribution in [3.05, 3.63) is 29.6 Å². The first-order valence-electron chi connectivity index (χ1n) is 6.91. The van der Waals surface area contributed by atoms with Gasteiger partial charge in [-0.05, 0) is 37.0 Å². The quantitative estimate of drug-likeness (QED) is 0.868. The van der Waals surface area contributed by atoms with Gasteiger partial charge in [0.05, 0.1) is 5.56 Å². The first-order chi connectivity index (χ1) is 9.11. The second kappa shape index (κ2) is 6.04. The molecule has 19 heavy (non-hydrogen) atoms. The zero-order valence-corrected chi connectivity index (χ0v) is 11.2. The van der Waals surface area contributed by atoms with Crippen molar-refractivity contribution in [2.75, 3.05) is 5.32 Å². The van der Waals surface area contributed by atoms with Gasteiger partial charge < -0.3 is 10.4 Å². The third-order valence-electron chi connectivity index (χ3n) is 3.99. The van der Waals surface area contributed by atoms with Gasteiger partial charge in [-0.3, -0.25) is 0 Å². The number of hydrogen-bond acceptors (Lipinski definition) is 2. The number of carboxylic acid groups (broad SMARTS) is 1. The van der Waals surface area contributed by atoms with Gasteiger partial charge in [0.25, 0.3) is 0 Å². The van der Waals surface area contributed by atoms with E-state index in [-0.39, 0.29) is 5.56 Å². The molecule has 0 heterocycles. The minimum atomic E-state index is -1.23. The lowest BCUT2D eigenvalue weighted by atomic mass is 9.83. The number of rotatable bonds is 4. The van der Waals surface area contributed by atoms with Crippen LogP contribution in [0.15, 0.2) is 18.2 Å². The Hall–Kier alpha value is -1.58. The molecular formula is C15H20FNO2. The largest absolute Gasteiger partial charge is 0.478 e. The number of halogens is 1. The molecule has 1 aromatic carbocycles. The van der Waals surface area contributed by atoms with Crippen molar-refractivity contribution in [3.63, 3.8) is 0 Å². The first-order valence-corrected chi connectivity index (χ1v) is 6.91. The summed E-state index contributed by atoms with van der Waals surface area (Å²) in [6.07, 6.45) is 5.89. The summed E-state index contributed by atoms with van der Waals surface area (Å²) in [5.41, 5.74) is 0.397. The molecule has 1 saturated carbocycles. The average molecular weight is 265 g/mol. The van der Waals surface area contributed by atoms with Crippen molar-refractivity contribution in [2.45, 2.75) is 45.1 Å². The molecule has 3 nitrogen and oxygen atoms in total. The van der Waals surface area contributed by atoms with E-state index in [2.05, 4.69) is 12.2 Å². The van der Waals surface area contributed by atoms with E-state index in [1.165, 1.54) is 31.4 Å². The van der Waals surface area contributed by atoms with Crippen LogP contribution < -0.4 is 5.32 Å². The van der Waals surface area contributed by atoms with Gasteiger partial charge in [-0.1, -0.05) is 26.2 Å². The molecular weight excluding hydrogens is 245 g/mol. The molecule has 1 aliphatic rings. The van der Waals surface area contributed by atoms with E-state index in [9.17, 15) is 9.18 Å². The van der Waals surface area contributed by atoms with E-state index >= 15 is 0 Å². The fraction of sp³-hybridized carbons (Fsp3) is 0.533. The van der Waals surface area contributed by atoms with Gasteiger partial charge in [-0.2, -0.15) is 0 Å². The summed E-state index contributed by atoms with van der Waals surface area (Å²) in [6, 6.07) is 4.62. The highest BCUT2D eigenvalue weighted by Crippen LogP contribution is 2.29. The third-order valence-corrected chi connectivity index (χ3v) is 3.99. The normalized spacial score (nSPS) is 23.1. The minimum absolute atomic E-state index is 0.277.